The molecule has 0 aliphatic carbocycles. The van der Waals surface area contributed by atoms with Crippen LogP contribution in [0.2, 0.25) is 0 Å². The summed E-state index contributed by atoms with van der Waals surface area (Å²) < 4.78 is 0.833. The summed E-state index contributed by atoms with van der Waals surface area (Å²) in [4.78, 5) is 12.8. The van der Waals surface area contributed by atoms with Crippen LogP contribution in [0.3, 0.4) is 0 Å². The fourth-order valence-corrected chi connectivity index (χ4v) is 2.13. The number of anilines is 2. The van der Waals surface area contributed by atoms with Crippen LogP contribution in [0.15, 0.2) is 35.2 Å². The van der Waals surface area contributed by atoms with Gasteiger partial charge in [-0.05, 0) is 41.9 Å². The largest absolute Gasteiger partial charge is 0.369 e. The second-order valence-corrected chi connectivity index (χ2v) is 4.83. The maximum Gasteiger partial charge on any atom is 0.146 e. The molecule has 2 aromatic rings. The number of rotatable bonds is 5. The quantitative estimate of drug-likeness (QED) is 0.885. The van der Waals surface area contributed by atoms with Gasteiger partial charge in [0.1, 0.15) is 22.4 Å². The van der Waals surface area contributed by atoms with Crippen molar-refractivity contribution in [3.05, 3.63) is 40.9 Å². The molecule has 0 bridgehead atoms. The van der Waals surface area contributed by atoms with E-state index < -0.39 is 0 Å². The molecule has 2 heterocycles. The van der Waals surface area contributed by atoms with Gasteiger partial charge in [0.25, 0.3) is 0 Å². The number of nitrogens with zero attached hydrogens (tertiary/aromatic N) is 3. The Labute approximate surface area is 121 Å². The number of pyridine rings is 1. The second kappa shape index (κ2) is 6.47. The third-order valence-corrected chi connectivity index (χ3v) is 3.37. The van der Waals surface area contributed by atoms with Crippen LogP contribution in [-0.2, 0) is 0 Å². The number of hydrogen-bond donors (Lipinski definition) is 2. The van der Waals surface area contributed by atoms with Crippen molar-refractivity contribution in [3.8, 4) is 0 Å². The minimum atomic E-state index is 0.0712. The zero-order valence-electron chi connectivity index (χ0n) is 10.9. The van der Waals surface area contributed by atoms with Crippen LogP contribution in [0.4, 0.5) is 11.6 Å². The summed E-state index contributed by atoms with van der Waals surface area (Å²) in [6, 6.07) is 5.93. The molecule has 19 heavy (non-hydrogen) atoms. The molecule has 0 spiro atoms. The third kappa shape index (κ3) is 3.41. The molecule has 1 unspecified atom stereocenters. The summed E-state index contributed by atoms with van der Waals surface area (Å²) in [5, 5.41) is 6.50. The Morgan fingerprint density at radius 3 is 2.68 bits per heavy atom. The highest BCUT2D eigenvalue weighted by Gasteiger charge is 2.12. The number of hydrogen-bond acceptors (Lipinski definition) is 5. The van der Waals surface area contributed by atoms with Gasteiger partial charge >= 0.3 is 0 Å². The molecule has 0 aliphatic heterocycles. The lowest BCUT2D eigenvalue weighted by Gasteiger charge is -2.16. The molecular formula is C13H16BrN5. The van der Waals surface area contributed by atoms with Crippen LogP contribution in [0.25, 0.3) is 0 Å². The predicted octanol–water partition coefficient (Wildman–Crippen LogP) is 3.24. The van der Waals surface area contributed by atoms with Gasteiger partial charge < -0.3 is 10.6 Å². The smallest absolute Gasteiger partial charge is 0.146 e. The highest BCUT2D eigenvalue weighted by atomic mass is 79.9. The van der Waals surface area contributed by atoms with Crippen LogP contribution in [0, 0.1) is 0 Å². The highest BCUT2D eigenvalue weighted by molar-refractivity contribution is 9.10. The van der Waals surface area contributed by atoms with Gasteiger partial charge in [0.05, 0.1) is 11.7 Å². The minimum Gasteiger partial charge on any atom is -0.369 e. The van der Waals surface area contributed by atoms with Crippen LogP contribution >= 0.6 is 15.9 Å². The van der Waals surface area contributed by atoms with E-state index in [1.165, 1.54) is 6.33 Å². The molecular weight excluding hydrogens is 306 g/mol. The maximum atomic E-state index is 4.33. The fourth-order valence-electron chi connectivity index (χ4n) is 1.67. The van der Waals surface area contributed by atoms with Crippen molar-refractivity contribution in [1.29, 1.82) is 0 Å². The summed E-state index contributed by atoms with van der Waals surface area (Å²) in [7, 11) is 0. The molecule has 100 valence electrons. The molecule has 0 aromatic carbocycles. The Morgan fingerprint density at radius 1 is 1.21 bits per heavy atom. The van der Waals surface area contributed by atoms with Crippen molar-refractivity contribution in [1.82, 2.24) is 15.0 Å². The van der Waals surface area contributed by atoms with Gasteiger partial charge in [-0.3, -0.25) is 4.98 Å². The molecule has 2 N–H and O–H groups in total. The molecule has 0 aliphatic rings. The first kappa shape index (κ1) is 13.7. The van der Waals surface area contributed by atoms with E-state index in [0.29, 0.717) is 0 Å². The lowest BCUT2D eigenvalue weighted by molar-refractivity contribution is 0.828. The van der Waals surface area contributed by atoms with E-state index in [1.807, 2.05) is 32.0 Å². The van der Waals surface area contributed by atoms with Crippen LogP contribution in [0.5, 0.6) is 0 Å². The van der Waals surface area contributed by atoms with Gasteiger partial charge in [0.15, 0.2) is 0 Å². The molecule has 5 nitrogen and oxygen atoms in total. The van der Waals surface area contributed by atoms with Crippen molar-refractivity contribution in [2.45, 2.75) is 19.9 Å². The molecule has 0 amide bonds. The SMILES string of the molecule is CCNc1ncnc(NC(C)c2ccccn2)c1Br. The number of halogens is 1. The average Bonchev–Trinajstić information content (AvgIpc) is 2.44. The first-order chi connectivity index (χ1) is 9.22. The van der Waals surface area contributed by atoms with Gasteiger partial charge in [-0.2, -0.15) is 0 Å². The molecule has 2 rings (SSSR count). The van der Waals surface area contributed by atoms with Gasteiger partial charge in [0.2, 0.25) is 0 Å². The normalized spacial score (nSPS) is 11.9. The molecule has 1 atom stereocenters. The van der Waals surface area contributed by atoms with Gasteiger partial charge in [-0.15, -0.1) is 0 Å². The summed E-state index contributed by atoms with van der Waals surface area (Å²) in [5.41, 5.74) is 0.970. The molecule has 0 saturated carbocycles. The van der Waals surface area contributed by atoms with Crippen LogP contribution < -0.4 is 10.6 Å². The van der Waals surface area contributed by atoms with Crippen molar-refractivity contribution in [3.63, 3.8) is 0 Å². The van der Waals surface area contributed by atoms with E-state index in [-0.39, 0.29) is 6.04 Å². The maximum absolute atomic E-state index is 4.33. The Hall–Kier alpha value is -1.69. The third-order valence-electron chi connectivity index (χ3n) is 2.62. The second-order valence-electron chi connectivity index (χ2n) is 4.04. The zero-order chi connectivity index (χ0) is 13.7. The molecule has 0 fully saturated rings. The van der Waals surface area contributed by atoms with Crippen molar-refractivity contribution in [2.75, 3.05) is 17.2 Å². The Bertz CT molecular complexity index is 532. The van der Waals surface area contributed by atoms with Crippen molar-refractivity contribution >= 4 is 27.6 Å². The fraction of sp³-hybridized carbons (Fsp3) is 0.308. The van der Waals surface area contributed by atoms with Crippen LogP contribution in [-0.4, -0.2) is 21.5 Å². The van der Waals surface area contributed by atoms with Crippen molar-refractivity contribution in [2.24, 2.45) is 0 Å². The van der Waals surface area contributed by atoms with E-state index in [2.05, 4.69) is 41.5 Å². The first-order valence-corrected chi connectivity index (χ1v) is 6.93. The molecule has 0 radical (unpaired) electrons. The Balaban J connectivity index is 2.17. The monoisotopic (exact) mass is 321 g/mol. The van der Waals surface area contributed by atoms with E-state index in [0.717, 1.165) is 28.3 Å². The van der Waals surface area contributed by atoms with E-state index >= 15 is 0 Å². The predicted molar refractivity (Wildman–Crippen MR) is 80.2 cm³/mol. The standard InChI is InChI=1S/C13H16BrN5/c1-3-15-12-11(14)13(18-8-17-12)19-9(2)10-6-4-5-7-16-10/h4-9H,3H2,1-2H3,(H2,15,17,18,19). The summed E-state index contributed by atoms with van der Waals surface area (Å²) in [6.45, 7) is 4.88. The number of nitrogens with one attached hydrogen (secondary N) is 2. The van der Waals surface area contributed by atoms with E-state index in [9.17, 15) is 0 Å². The zero-order valence-corrected chi connectivity index (χ0v) is 12.5. The number of aromatic nitrogens is 3. The minimum absolute atomic E-state index is 0.0712. The molecule has 2 aromatic heterocycles. The van der Waals surface area contributed by atoms with E-state index in [4.69, 9.17) is 0 Å². The Morgan fingerprint density at radius 2 is 2.00 bits per heavy atom. The van der Waals surface area contributed by atoms with Crippen molar-refractivity contribution < 1.29 is 0 Å². The van der Waals surface area contributed by atoms with Gasteiger partial charge in [0, 0.05) is 12.7 Å². The Kier molecular flexibility index (Phi) is 4.68. The molecule has 0 saturated heterocycles. The summed E-state index contributed by atoms with van der Waals surface area (Å²) >= 11 is 3.51. The first-order valence-electron chi connectivity index (χ1n) is 6.14. The lowest BCUT2D eigenvalue weighted by Crippen LogP contribution is -2.11. The van der Waals surface area contributed by atoms with Crippen LogP contribution in [0.1, 0.15) is 25.6 Å². The lowest BCUT2D eigenvalue weighted by atomic mass is 10.2. The topological polar surface area (TPSA) is 62.7 Å². The summed E-state index contributed by atoms with van der Waals surface area (Å²) in [6.07, 6.45) is 3.32. The summed E-state index contributed by atoms with van der Waals surface area (Å²) in [5.74, 6) is 1.54. The highest BCUT2D eigenvalue weighted by Crippen LogP contribution is 2.28. The van der Waals surface area contributed by atoms with Gasteiger partial charge in [-0.1, -0.05) is 6.07 Å². The average molecular weight is 322 g/mol. The molecule has 6 heteroatoms. The van der Waals surface area contributed by atoms with E-state index in [1.54, 1.807) is 6.20 Å². The van der Waals surface area contributed by atoms with Gasteiger partial charge in [-0.25, -0.2) is 9.97 Å².